The molecule has 3 aromatic rings. The van der Waals surface area contributed by atoms with E-state index in [1.807, 2.05) is 60.0 Å². The van der Waals surface area contributed by atoms with Crippen LogP contribution in [0.3, 0.4) is 0 Å². The lowest BCUT2D eigenvalue weighted by atomic mass is 10.1. The molecule has 3 rings (SSSR count). The molecule has 0 unspecified atom stereocenters. The van der Waals surface area contributed by atoms with Gasteiger partial charge in [0.1, 0.15) is 12.4 Å². The van der Waals surface area contributed by atoms with Crippen LogP contribution in [-0.2, 0) is 17.9 Å². The summed E-state index contributed by atoms with van der Waals surface area (Å²) in [4.78, 5) is 17.0. The van der Waals surface area contributed by atoms with Gasteiger partial charge in [0.05, 0.1) is 11.0 Å². The van der Waals surface area contributed by atoms with Crippen molar-refractivity contribution in [1.29, 1.82) is 0 Å². The number of nitrogens with one attached hydrogen (secondary N) is 2. The number of nitrogens with zero attached hydrogens (tertiary/aromatic N) is 2. The van der Waals surface area contributed by atoms with Crippen molar-refractivity contribution in [2.45, 2.75) is 26.9 Å². The minimum absolute atomic E-state index is 0.0507. The summed E-state index contributed by atoms with van der Waals surface area (Å²) < 4.78 is 1.94. The second kappa shape index (κ2) is 7.27. The van der Waals surface area contributed by atoms with Crippen LogP contribution in [0.25, 0.3) is 11.0 Å². The van der Waals surface area contributed by atoms with Gasteiger partial charge in [-0.1, -0.05) is 37.3 Å². The fourth-order valence-corrected chi connectivity index (χ4v) is 2.78. The molecule has 5 heteroatoms. The third-order valence-electron chi connectivity index (χ3n) is 4.00. The molecule has 1 amide bonds. The van der Waals surface area contributed by atoms with E-state index in [-0.39, 0.29) is 12.5 Å². The number of carbonyl (C=O) groups excluding carboxylic acids is 1. The van der Waals surface area contributed by atoms with Crippen LogP contribution in [-0.4, -0.2) is 22.0 Å². The first-order valence-corrected chi connectivity index (χ1v) is 8.19. The standard InChI is InChI=1S/C19H22N4O/c1-3-20-12-15-8-4-5-9-16(15)22-19(24)13-23-14(2)21-17-10-6-7-11-18(17)23/h4-11,20H,3,12-13H2,1-2H3,(H,22,24). The summed E-state index contributed by atoms with van der Waals surface area (Å²) in [5.74, 6) is 0.789. The van der Waals surface area contributed by atoms with Gasteiger partial charge < -0.3 is 15.2 Å². The Morgan fingerprint density at radius 3 is 2.71 bits per heavy atom. The van der Waals surface area contributed by atoms with Gasteiger partial charge in [-0.2, -0.15) is 0 Å². The molecule has 0 bridgehead atoms. The molecule has 0 saturated carbocycles. The topological polar surface area (TPSA) is 58.9 Å². The molecule has 0 aliphatic carbocycles. The van der Waals surface area contributed by atoms with Crippen molar-refractivity contribution < 1.29 is 4.79 Å². The number of anilines is 1. The van der Waals surface area contributed by atoms with Crippen LogP contribution in [0, 0.1) is 6.92 Å². The van der Waals surface area contributed by atoms with E-state index in [0.717, 1.165) is 41.2 Å². The first kappa shape index (κ1) is 16.2. The van der Waals surface area contributed by atoms with Crippen molar-refractivity contribution in [2.75, 3.05) is 11.9 Å². The zero-order valence-electron chi connectivity index (χ0n) is 14.0. The van der Waals surface area contributed by atoms with Gasteiger partial charge in [-0.25, -0.2) is 4.98 Å². The quantitative estimate of drug-likeness (QED) is 0.733. The second-order valence-corrected chi connectivity index (χ2v) is 5.72. The van der Waals surface area contributed by atoms with Crippen LogP contribution in [0.5, 0.6) is 0 Å². The lowest BCUT2D eigenvalue weighted by Gasteiger charge is -2.12. The number of aromatic nitrogens is 2. The van der Waals surface area contributed by atoms with Gasteiger partial charge in [0, 0.05) is 12.2 Å². The fourth-order valence-electron chi connectivity index (χ4n) is 2.78. The maximum absolute atomic E-state index is 12.5. The van der Waals surface area contributed by atoms with Gasteiger partial charge in [-0.15, -0.1) is 0 Å². The first-order chi connectivity index (χ1) is 11.7. The molecule has 0 spiro atoms. The predicted molar refractivity (Wildman–Crippen MR) is 96.9 cm³/mol. The van der Waals surface area contributed by atoms with Crippen LogP contribution in [0.4, 0.5) is 5.69 Å². The zero-order valence-corrected chi connectivity index (χ0v) is 14.0. The maximum Gasteiger partial charge on any atom is 0.244 e. The number of fused-ring (bicyclic) bond motifs is 1. The number of hydrogen-bond acceptors (Lipinski definition) is 3. The molecule has 0 fully saturated rings. The van der Waals surface area contributed by atoms with Crippen LogP contribution in [0.2, 0.25) is 0 Å². The van der Waals surface area contributed by atoms with E-state index in [9.17, 15) is 4.79 Å². The Morgan fingerprint density at radius 2 is 1.88 bits per heavy atom. The van der Waals surface area contributed by atoms with Gasteiger partial charge >= 0.3 is 0 Å². The molecule has 0 atom stereocenters. The van der Waals surface area contributed by atoms with E-state index in [1.54, 1.807) is 0 Å². The average Bonchev–Trinajstić information content (AvgIpc) is 2.90. The minimum atomic E-state index is -0.0507. The van der Waals surface area contributed by atoms with Crippen LogP contribution in [0.1, 0.15) is 18.3 Å². The SMILES string of the molecule is CCNCc1ccccc1NC(=O)Cn1c(C)nc2ccccc21. The number of aryl methyl sites for hydroxylation is 1. The average molecular weight is 322 g/mol. The Balaban J connectivity index is 1.77. The van der Waals surface area contributed by atoms with E-state index in [4.69, 9.17) is 0 Å². The molecule has 24 heavy (non-hydrogen) atoms. The molecule has 5 nitrogen and oxygen atoms in total. The Labute approximate surface area is 141 Å². The third kappa shape index (κ3) is 3.46. The number of para-hydroxylation sites is 3. The van der Waals surface area contributed by atoms with Crippen molar-refractivity contribution >= 4 is 22.6 Å². The smallest absolute Gasteiger partial charge is 0.244 e. The second-order valence-electron chi connectivity index (χ2n) is 5.72. The van der Waals surface area contributed by atoms with E-state index in [1.165, 1.54) is 0 Å². The molecule has 2 N–H and O–H groups in total. The minimum Gasteiger partial charge on any atom is -0.324 e. The summed E-state index contributed by atoms with van der Waals surface area (Å²) in [5.41, 5.74) is 3.83. The van der Waals surface area contributed by atoms with E-state index < -0.39 is 0 Å². The lowest BCUT2D eigenvalue weighted by Crippen LogP contribution is -2.21. The maximum atomic E-state index is 12.5. The summed E-state index contributed by atoms with van der Waals surface area (Å²) in [6, 6.07) is 15.7. The summed E-state index contributed by atoms with van der Waals surface area (Å²) in [6.45, 7) is 5.87. The van der Waals surface area contributed by atoms with E-state index >= 15 is 0 Å². The Hall–Kier alpha value is -2.66. The van der Waals surface area contributed by atoms with Crippen LogP contribution < -0.4 is 10.6 Å². The molecule has 0 aliphatic rings. The van der Waals surface area contributed by atoms with Crippen LogP contribution >= 0.6 is 0 Å². The number of carbonyl (C=O) groups is 1. The predicted octanol–water partition coefficient (Wildman–Crippen LogP) is 3.09. The number of amides is 1. The molecule has 1 aromatic heterocycles. The molecular formula is C19H22N4O. The highest BCUT2D eigenvalue weighted by molar-refractivity contribution is 5.92. The summed E-state index contributed by atoms with van der Waals surface area (Å²) in [7, 11) is 0. The van der Waals surface area contributed by atoms with Gasteiger partial charge in [-0.05, 0) is 37.2 Å². The van der Waals surface area contributed by atoms with E-state index in [2.05, 4.69) is 22.5 Å². The highest BCUT2D eigenvalue weighted by Crippen LogP contribution is 2.17. The molecule has 0 radical (unpaired) electrons. The molecule has 1 heterocycles. The van der Waals surface area contributed by atoms with Gasteiger partial charge in [-0.3, -0.25) is 4.79 Å². The highest BCUT2D eigenvalue weighted by Gasteiger charge is 2.12. The normalized spacial score (nSPS) is 10.9. The fraction of sp³-hybridized carbons (Fsp3) is 0.263. The third-order valence-corrected chi connectivity index (χ3v) is 4.00. The molecule has 0 aliphatic heterocycles. The summed E-state index contributed by atoms with van der Waals surface area (Å²) in [5, 5.41) is 6.31. The van der Waals surface area contributed by atoms with Gasteiger partial charge in [0.2, 0.25) is 5.91 Å². The summed E-state index contributed by atoms with van der Waals surface area (Å²) in [6.07, 6.45) is 0. The van der Waals surface area contributed by atoms with Crippen molar-refractivity contribution in [3.05, 3.63) is 59.9 Å². The summed E-state index contributed by atoms with van der Waals surface area (Å²) >= 11 is 0. The molecule has 0 saturated heterocycles. The number of benzene rings is 2. The van der Waals surface area contributed by atoms with Crippen molar-refractivity contribution in [1.82, 2.24) is 14.9 Å². The number of imidazole rings is 1. The van der Waals surface area contributed by atoms with Crippen molar-refractivity contribution in [3.63, 3.8) is 0 Å². The molecular weight excluding hydrogens is 300 g/mol. The van der Waals surface area contributed by atoms with Crippen molar-refractivity contribution in [3.8, 4) is 0 Å². The van der Waals surface area contributed by atoms with E-state index in [0.29, 0.717) is 0 Å². The van der Waals surface area contributed by atoms with Gasteiger partial charge in [0.15, 0.2) is 0 Å². The zero-order chi connectivity index (χ0) is 16.9. The first-order valence-electron chi connectivity index (χ1n) is 8.19. The van der Waals surface area contributed by atoms with Crippen molar-refractivity contribution in [2.24, 2.45) is 0 Å². The monoisotopic (exact) mass is 322 g/mol. The Morgan fingerprint density at radius 1 is 1.12 bits per heavy atom. The van der Waals surface area contributed by atoms with Crippen LogP contribution in [0.15, 0.2) is 48.5 Å². The largest absolute Gasteiger partial charge is 0.324 e. The lowest BCUT2D eigenvalue weighted by molar-refractivity contribution is -0.116. The number of hydrogen-bond donors (Lipinski definition) is 2. The Bertz CT molecular complexity index is 853. The molecule has 2 aromatic carbocycles. The highest BCUT2D eigenvalue weighted by atomic mass is 16.1. The Kier molecular flexibility index (Phi) is 4.91. The van der Waals surface area contributed by atoms with Gasteiger partial charge in [0.25, 0.3) is 0 Å². The number of rotatable bonds is 6. The molecule has 124 valence electrons.